The number of hydrogen-bond donors (Lipinski definition) is 2. The predicted molar refractivity (Wildman–Crippen MR) is 57.6 cm³/mol. The minimum absolute atomic E-state index is 0.341. The number of hydrogen-bond acceptors (Lipinski definition) is 3. The van der Waals surface area contributed by atoms with Gasteiger partial charge in [-0.2, -0.15) is 0 Å². The molecule has 1 rings (SSSR count). The van der Waals surface area contributed by atoms with Crippen molar-refractivity contribution < 1.29 is 14.6 Å². The van der Waals surface area contributed by atoms with E-state index in [0.29, 0.717) is 18.7 Å². The second-order valence-electron chi connectivity index (χ2n) is 3.23. The van der Waals surface area contributed by atoms with Crippen molar-refractivity contribution in [3.8, 4) is 0 Å². The van der Waals surface area contributed by atoms with E-state index in [1.54, 1.807) is 25.1 Å². The van der Waals surface area contributed by atoms with Crippen LogP contribution in [-0.4, -0.2) is 23.8 Å². The quantitative estimate of drug-likeness (QED) is 0.717. The van der Waals surface area contributed by atoms with Gasteiger partial charge in [0.25, 0.3) is 0 Å². The van der Waals surface area contributed by atoms with Crippen molar-refractivity contribution in [2.24, 2.45) is 0 Å². The summed E-state index contributed by atoms with van der Waals surface area (Å²) in [4.78, 5) is 10.8. The Hall–Kier alpha value is -1.55. The molecule has 1 aromatic carbocycles. The number of benzene rings is 1. The molecule has 0 unspecified atom stereocenters. The molecule has 0 aliphatic heterocycles. The Labute approximate surface area is 88.7 Å². The minimum atomic E-state index is -0.945. The van der Waals surface area contributed by atoms with Gasteiger partial charge in [-0.15, -0.1) is 0 Å². The van der Waals surface area contributed by atoms with Gasteiger partial charge in [-0.05, 0) is 24.6 Å². The van der Waals surface area contributed by atoms with Crippen LogP contribution in [0.3, 0.4) is 0 Å². The predicted octanol–water partition coefficient (Wildman–Crippen LogP) is 1.30. The summed E-state index contributed by atoms with van der Waals surface area (Å²) in [5, 5.41) is 8.88. The van der Waals surface area contributed by atoms with Gasteiger partial charge in [0, 0.05) is 18.7 Å². The molecule has 0 radical (unpaired) electrons. The number of carboxylic acid groups (broad SMARTS) is 1. The number of carbonyl (C=O) groups is 1. The van der Waals surface area contributed by atoms with Gasteiger partial charge in [-0.25, -0.2) is 4.79 Å². The highest BCUT2D eigenvalue weighted by atomic mass is 16.5. The SMILES string of the molecule is CCO[C@@H](Cc1cccc(N)c1)C(=O)O. The molecule has 0 spiro atoms. The molecule has 82 valence electrons. The maximum Gasteiger partial charge on any atom is 0.333 e. The lowest BCUT2D eigenvalue weighted by Gasteiger charge is -2.12. The monoisotopic (exact) mass is 209 g/mol. The summed E-state index contributed by atoms with van der Waals surface area (Å²) in [6, 6.07) is 7.16. The largest absolute Gasteiger partial charge is 0.479 e. The molecule has 1 atom stereocenters. The zero-order valence-electron chi connectivity index (χ0n) is 8.64. The molecule has 3 N–H and O–H groups in total. The van der Waals surface area contributed by atoms with E-state index in [9.17, 15) is 4.79 Å². The Kier molecular flexibility index (Phi) is 4.12. The van der Waals surface area contributed by atoms with Crippen molar-refractivity contribution in [2.75, 3.05) is 12.3 Å². The molecule has 15 heavy (non-hydrogen) atoms. The van der Waals surface area contributed by atoms with Crippen LogP contribution < -0.4 is 5.73 Å². The van der Waals surface area contributed by atoms with Gasteiger partial charge in [-0.3, -0.25) is 0 Å². The molecule has 0 bridgehead atoms. The Bertz CT molecular complexity index is 338. The third-order valence-corrected chi connectivity index (χ3v) is 2.02. The summed E-state index contributed by atoms with van der Waals surface area (Å²) in [5.41, 5.74) is 7.10. The molecule has 0 aliphatic carbocycles. The van der Waals surface area contributed by atoms with Crippen molar-refractivity contribution in [3.63, 3.8) is 0 Å². The van der Waals surface area contributed by atoms with Gasteiger partial charge in [0.05, 0.1) is 0 Å². The van der Waals surface area contributed by atoms with E-state index in [-0.39, 0.29) is 0 Å². The van der Waals surface area contributed by atoms with Gasteiger partial charge < -0.3 is 15.6 Å². The average Bonchev–Trinajstić information content (AvgIpc) is 2.17. The Balaban J connectivity index is 2.69. The zero-order valence-corrected chi connectivity index (χ0v) is 8.64. The van der Waals surface area contributed by atoms with Crippen molar-refractivity contribution in [1.82, 2.24) is 0 Å². The number of ether oxygens (including phenoxy) is 1. The first-order valence-corrected chi connectivity index (χ1v) is 4.82. The number of anilines is 1. The lowest BCUT2D eigenvalue weighted by Crippen LogP contribution is -2.26. The summed E-state index contributed by atoms with van der Waals surface area (Å²) in [6.45, 7) is 2.16. The second-order valence-corrected chi connectivity index (χ2v) is 3.23. The molecule has 0 saturated heterocycles. The van der Waals surface area contributed by atoms with Gasteiger partial charge in [0.2, 0.25) is 0 Å². The van der Waals surface area contributed by atoms with Gasteiger partial charge in [-0.1, -0.05) is 12.1 Å². The first-order valence-electron chi connectivity index (χ1n) is 4.82. The molecule has 0 fully saturated rings. The zero-order chi connectivity index (χ0) is 11.3. The lowest BCUT2D eigenvalue weighted by molar-refractivity contribution is -0.149. The number of nitrogen functional groups attached to an aromatic ring is 1. The highest BCUT2D eigenvalue weighted by molar-refractivity contribution is 5.72. The second kappa shape index (κ2) is 5.36. The van der Waals surface area contributed by atoms with E-state index >= 15 is 0 Å². The summed E-state index contributed by atoms with van der Waals surface area (Å²) in [7, 11) is 0. The molecular weight excluding hydrogens is 194 g/mol. The van der Waals surface area contributed by atoms with Gasteiger partial charge in [0.15, 0.2) is 6.10 Å². The number of aliphatic carboxylic acids is 1. The smallest absolute Gasteiger partial charge is 0.333 e. The van der Waals surface area contributed by atoms with Crippen molar-refractivity contribution in [3.05, 3.63) is 29.8 Å². The van der Waals surface area contributed by atoms with E-state index in [1.807, 2.05) is 6.07 Å². The summed E-state index contributed by atoms with van der Waals surface area (Å²) in [6.07, 6.45) is -0.453. The molecular formula is C11H15NO3. The standard InChI is InChI=1S/C11H15NO3/c1-2-15-10(11(13)14)7-8-4-3-5-9(12)6-8/h3-6,10H,2,7,12H2,1H3,(H,13,14)/t10-/m0/s1. The molecule has 0 saturated carbocycles. The van der Waals surface area contributed by atoms with E-state index in [1.165, 1.54) is 0 Å². The maximum atomic E-state index is 10.8. The topological polar surface area (TPSA) is 72.5 Å². The first-order chi connectivity index (χ1) is 7.13. The van der Waals surface area contributed by atoms with Crippen LogP contribution in [0.25, 0.3) is 0 Å². The summed E-state index contributed by atoms with van der Waals surface area (Å²) >= 11 is 0. The Morgan fingerprint density at radius 2 is 2.33 bits per heavy atom. The third-order valence-electron chi connectivity index (χ3n) is 2.02. The van der Waals surface area contributed by atoms with Crippen molar-refractivity contribution in [2.45, 2.75) is 19.4 Å². The fourth-order valence-corrected chi connectivity index (χ4v) is 1.35. The van der Waals surface area contributed by atoms with Crippen LogP contribution in [-0.2, 0) is 16.0 Å². The van der Waals surface area contributed by atoms with E-state index in [4.69, 9.17) is 15.6 Å². The van der Waals surface area contributed by atoms with Crippen molar-refractivity contribution in [1.29, 1.82) is 0 Å². The van der Waals surface area contributed by atoms with E-state index < -0.39 is 12.1 Å². The lowest BCUT2D eigenvalue weighted by atomic mass is 10.1. The first kappa shape index (κ1) is 11.5. The van der Waals surface area contributed by atoms with Crippen LogP contribution >= 0.6 is 0 Å². The molecule has 0 aromatic heterocycles. The van der Waals surface area contributed by atoms with Crippen LogP contribution in [0.15, 0.2) is 24.3 Å². The highest BCUT2D eigenvalue weighted by Crippen LogP contribution is 2.10. The summed E-state index contributed by atoms with van der Waals surface area (Å²) in [5.74, 6) is -0.945. The van der Waals surface area contributed by atoms with Crippen LogP contribution in [0.5, 0.6) is 0 Å². The Morgan fingerprint density at radius 1 is 1.60 bits per heavy atom. The minimum Gasteiger partial charge on any atom is -0.479 e. The molecule has 1 aromatic rings. The Morgan fingerprint density at radius 3 is 2.87 bits per heavy atom. The highest BCUT2D eigenvalue weighted by Gasteiger charge is 2.17. The van der Waals surface area contributed by atoms with Crippen LogP contribution in [0, 0.1) is 0 Å². The normalized spacial score (nSPS) is 12.3. The van der Waals surface area contributed by atoms with Gasteiger partial charge >= 0.3 is 5.97 Å². The molecule has 4 nitrogen and oxygen atoms in total. The fraction of sp³-hybridized carbons (Fsp3) is 0.364. The number of nitrogens with two attached hydrogens (primary N) is 1. The molecule has 4 heteroatoms. The van der Waals surface area contributed by atoms with E-state index in [0.717, 1.165) is 5.56 Å². The number of rotatable bonds is 5. The molecule has 0 amide bonds. The van der Waals surface area contributed by atoms with Crippen LogP contribution in [0.1, 0.15) is 12.5 Å². The number of carboxylic acids is 1. The van der Waals surface area contributed by atoms with Crippen LogP contribution in [0.4, 0.5) is 5.69 Å². The molecule has 0 heterocycles. The summed E-state index contributed by atoms with van der Waals surface area (Å²) < 4.78 is 5.11. The maximum absolute atomic E-state index is 10.8. The van der Waals surface area contributed by atoms with Gasteiger partial charge in [0.1, 0.15) is 0 Å². The molecule has 0 aliphatic rings. The van der Waals surface area contributed by atoms with Crippen molar-refractivity contribution >= 4 is 11.7 Å². The third kappa shape index (κ3) is 3.59. The van der Waals surface area contributed by atoms with Crippen LogP contribution in [0.2, 0.25) is 0 Å². The van der Waals surface area contributed by atoms with E-state index in [2.05, 4.69) is 0 Å². The fourth-order valence-electron chi connectivity index (χ4n) is 1.35. The average molecular weight is 209 g/mol.